The Hall–Kier alpha value is -1.23. The van der Waals surface area contributed by atoms with Crippen LogP contribution >= 0.6 is 0 Å². The van der Waals surface area contributed by atoms with Crippen LogP contribution in [0, 0.1) is 6.92 Å². The number of ether oxygens (including phenoxy) is 1. The normalized spacial score (nSPS) is 15.9. The molecule has 1 N–H and O–H groups in total. The lowest BCUT2D eigenvalue weighted by Gasteiger charge is -2.11. The molecule has 16 heavy (non-hydrogen) atoms. The first kappa shape index (κ1) is 11.3. The predicted octanol–water partition coefficient (Wildman–Crippen LogP) is 1.91. The first-order valence-corrected chi connectivity index (χ1v) is 6.74. The van der Waals surface area contributed by atoms with Gasteiger partial charge in [0, 0.05) is 0 Å². The van der Waals surface area contributed by atoms with E-state index in [1.807, 2.05) is 13.0 Å². The highest BCUT2D eigenvalue weighted by atomic mass is 32.2. The Morgan fingerprint density at radius 3 is 2.62 bits per heavy atom. The van der Waals surface area contributed by atoms with Crippen molar-refractivity contribution in [3.05, 3.63) is 23.8 Å². The van der Waals surface area contributed by atoms with Gasteiger partial charge >= 0.3 is 0 Å². The lowest BCUT2D eigenvalue weighted by molar-refractivity contribution is 0.417. The summed E-state index contributed by atoms with van der Waals surface area (Å²) in [6, 6.07) is 5.42. The molecule has 1 aliphatic carbocycles. The maximum atomic E-state index is 11.8. The van der Waals surface area contributed by atoms with Gasteiger partial charge in [-0.1, -0.05) is 6.07 Å². The van der Waals surface area contributed by atoms with E-state index in [1.165, 1.54) is 7.11 Å². The molecule has 0 saturated heterocycles. The molecule has 0 unspecified atom stereocenters. The largest absolute Gasteiger partial charge is 0.495 e. The topological polar surface area (TPSA) is 55.4 Å². The minimum absolute atomic E-state index is 0.224. The van der Waals surface area contributed by atoms with Gasteiger partial charge in [-0.25, -0.2) is 8.42 Å². The van der Waals surface area contributed by atoms with Crippen molar-refractivity contribution in [3.8, 4) is 5.75 Å². The van der Waals surface area contributed by atoms with Crippen LogP contribution in [-0.4, -0.2) is 20.8 Å². The first-order chi connectivity index (χ1) is 7.53. The maximum Gasteiger partial charge on any atom is 0.235 e. The summed E-state index contributed by atoms with van der Waals surface area (Å²) in [7, 11) is -1.69. The van der Waals surface area contributed by atoms with Gasteiger partial charge in [0.1, 0.15) is 5.75 Å². The van der Waals surface area contributed by atoms with Crippen LogP contribution in [0.15, 0.2) is 18.2 Å². The number of anilines is 1. The van der Waals surface area contributed by atoms with Crippen molar-refractivity contribution < 1.29 is 13.2 Å². The van der Waals surface area contributed by atoms with Crippen LogP contribution in [0.1, 0.15) is 18.4 Å². The fraction of sp³-hybridized carbons (Fsp3) is 0.455. The molecule has 2 rings (SSSR count). The summed E-state index contributed by atoms with van der Waals surface area (Å²) in [4.78, 5) is 0. The minimum Gasteiger partial charge on any atom is -0.495 e. The summed E-state index contributed by atoms with van der Waals surface area (Å²) in [5.74, 6) is 0.551. The number of nitrogens with one attached hydrogen (secondary N) is 1. The average Bonchev–Trinajstić information content (AvgIpc) is 3.00. The van der Waals surface area contributed by atoms with E-state index < -0.39 is 10.0 Å². The van der Waals surface area contributed by atoms with Crippen molar-refractivity contribution >= 4 is 15.7 Å². The van der Waals surface area contributed by atoms with Gasteiger partial charge in [0.15, 0.2) is 0 Å². The van der Waals surface area contributed by atoms with E-state index in [-0.39, 0.29) is 5.25 Å². The molecule has 5 heteroatoms. The van der Waals surface area contributed by atoms with Gasteiger partial charge in [0.05, 0.1) is 18.0 Å². The molecule has 0 radical (unpaired) electrons. The highest BCUT2D eigenvalue weighted by molar-refractivity contribution is 7.93. The summed E-state index contributed by atoms with van der Waals surface area (Å²) in [6.45, 7) is 1.91. The van der Waals surface area contributed by atoms with E-state index in [1.54, 1.807) is 12.1 Å². The molecule has 0 heterocycles. The van der Waals surface area contributed by atoms with Crippen molar-refractivity contribution in [2.75, 3.05) is 11.8 Å². The fourth-order valence-corrected chi connectivity index (χ4v) is 2.91. The zero-order valence-electron chi connectivity index (χ0n) is 9.36. The number of hydrogen-bond donors (Lipinski definition) is 1. The van der Waals surface area contributed by atoms with E-state index in [2.05, 4.69) is 4.72 Å². The van der Waals surface area contributed by atoms with Gasteiger partial charge in [-0.2, -0.15) is 0 Å². The quantitative estimate of drug-likeness (QED) is 0.876. The summed E-state index contributed by atoms with van der Waals surface area (Å²) < 4.78 is 31.3. The number of aryl methyl sites for hydroxylation is 1. The van der Waals surface area contributed by atoms with Gasteiger partial charge in [-0.05, 0) is 37.5 Å². The lowest BCUT2D eigenvalue weighted by atomic mass is 10.2. The zero-order valence-corrected chi connectivity index (χ0v) is 10.2. The van der Waals surface area contributed by atoms with Gasteiger partial charge in [-0.3, -0.25) is 4.72 Å². The maximum absolute atomic E-state index is 11.8. The molecule has 88 valence electrons. The molecule has 1 aromatic rings. The Bertz CT molecular complexity index is 492. The predicted molar refractivity (Wildman–Crippen MR) is 63.3 cm³/mol. The average molecular weight is 241 g/mol. The number of rotatable bonds is 4. The SMILES string of the molecule is COc1ccc(C)cc1NS(=O)(=O)C1CC1. The monoisotopic (exact) mass is 241 g/mol. The third-order valence-corrected chi connectivity index (χ3v) is 4.42. The summed E-state index contributed by atoms with van der Waals surface area (Å²) in [6.07, 6.45) is 1.51. The second-order valence-electron chi connectivity index (χ2n) is 4.05. The van der Waals surface area contributed by atoms with Crippen LogP contribution in [0.3, 0.4) is 0 Å². The van der Waals surface area contributed by atoms with Crippen LogP contribution < -0.4 is 9.46 Å². The number of sulfonamides is 1. The summed E-state index contributed by atoms with van der Waals surface area (Å²) in [5, 5.41) is -0.224. The van der Waals surface area contributed by atoms with Gasteiger partial charge in [-0.15, -0.1) is 0 Å². The minimum atomic E-state index is -3.22. The fourth-order valence-electron chi connectivity index (χ4n) is 1.52. The van der Waals surface area contributed by atoms with E-state index in [0.29, 0.717) is 11.4 Å². The van der Waals surface area contributed by atoms with Gasteiger partial charge in [0.2, 0.25) is 10.0 Å². The van der Waals surface area contributed by atoms with Gasteiger partial charge in [0.25, 0.3) is 0 Å². The standard InChI is InChI=1S/C11H15NO3S/c1-8-3-6-11(15-2)10(7-8)12-16(13,14)9-4-5-9/h3,6-7,9,12H,4-5H2,1-2H3. The van der Waals surface area contributed by atoms with Gasteiger partial charge < -0.3 is 4.74 Å². The molecule has 0 bridgehead atoms. The molecule has 1 saturated carbocycles. The molecule has 0 amide bonds. The van der Waals surface area contributed by atoms with Crippen LogP contribution in [0.25, 0.3) is 0 Å². The molecule has 1 fully saturated rings. The first-order valence-electron chi connectivity index (χ1n) is 5.19. The van der Waals surface area contributed by atoms with Crippen molar-refractivity contribution in [3.63, 3.8) is 0 Å². The highest BCUT2D eigenvalue weighted by Crippen LogP contribution is 2.32. The molecule has 0 atom stereocenters. The highest BCUT2D eigenvalue weighted by Gasteiger charge is 2.36. The Kier molecular flexibility index (Phi) is 2.80. The number of hydrogen-bond acceptors (Lipinski definition) is 3. The van der Waals surface area contributed by atoms with Crippen molar-refractivity contribution in [2.24, 2.45) is 0 Å². The third kappa shape index (κ3) is 2.29. The van der Waals surface area contributed by atoms with Crippen LogP contribution in [0.2, 0.25) is 0 Å². The molecular weight excluding hydrogens is 226 g/mol. The van der Waals surface area contributed by atoms with Crippen LogP contribution in [-0.2, 0) is 10.0 Å². The Morgan fingerprint density at radius 1 is 1.38 bits per heavy atom. The third-order valence-electron chi connectivity index (χ3n) is 2.57. The van der Waals surface area contributed by atoms with Crippen molar-refractivity contribution in [1.82, 2.24) is 0 Å². The van der Waals surface area contributed by atoms with Crippen molar-refractivity contribution in [1.29, 1.82) is 0 Å². The molecule has 4 nitrogen and oxygen atoms in total. The van der Waals surface area contributed by atoms with Crippen LogP contribution in [0.5, 0.6) is 5.75 Å². The van der Waals surface area contributed by atoms with E-state index in [4.69, 9.17) is 4.74 Å². The Morgan fingerprint density at radius 2 is 2.06 bits per heavy atom. The van der Waals surface area contributed by atoms with E-state index in [9.17, 15) is 8.42 Å². The number of methoxy groups -OCH3 is 1. The molecule has 0 aromatic heterocycles. The van der Waals surface area contributed by atoms with E-state index in [0.717, 1.165) is 18.4 Å². The smallest absolute Gasteiger partial charge is 0.235 e. The molecule has 0 aliphatic heterocycles. The lowest BCUT2D eigenvalue weighted by Crippen LogP contribution is -2.17. The Labute approximate surface area is 95.7 Å². The number of benzene rings is 1. The zero-order chi connectivity index (χ0) is 11.8. The van der Waals surface area contributed by atoms with Crippen LogP contribution in [0.4, 0.5) is 5.69 Å². The summed E-state index contributed by atoms with van der Waals surface area (Å²) in [5.41, 5.74) is 1.52. The molecule has 1 aliphatic rings. The van der Waals surface area contributed by atoms with E-state index >= 15 is 0 Å². The Balaban J connectivity index is 2.29. The molecule has 0 spiro atoms. The second-order valence-corrected chi connectivity index (χ2v) is 6.01. The second kappa shape index (κ2) is 3.97. The molecular formula is C11H15NO3S. The molecule has 1 aromatic carbocycles. The summed E-state index contributed by atoms with van der Waals surface area (Å²) >= 11 is 0. The van der Waals surface area contributed by atoms with Crippen molar-refractivity contribution in [2.45, 2.75) is 25.0 Å².